The van der Waals surface area contributed by atoms with Gasteiger partial charge >= 0.3 is 6.03 Å². The average molecular weight is 213 g/mol. The van der Waals surface area contributed by atoms with Crippen molar-refractivity contribution in [2.75, 3.05) is 19.6 Å². The van der Waals surface area contributed by atoms with Gasteiger partial charge in [0.1, 0.15) is 6.29 Å². The van der Waals surface area contributed by atoms with Crippen molar-refractivity contribution in [3.05, 3.63) is 0 Å². The zero-order valence-electron chi connectivity index (χ0n) is 8.44. The van der Waals surface area contributed by atoms with E-state index in [1.54, 1.807) is 0 Å². The van der Waals surface area contributed by atoms with Crippen molar-refractivity contribution in [3.8, 4) is 0 Å². The summed E-state index contributed by atoms with van der Waals surface area (Å²) in [5.41, 5.74) is 4.81. The van der Waals surface area contributed by atoms with Crippen LogP contribution < -0.4 is 11.1 Å². The van der Waals surface area contributed by atoms with Gasteiger partial charge in [0.25, 0.3) is 0 Å². The summed E-state index contributed by atoms with van der Waals surface area (Å²) in [6.45, 7) is 1.57. The maximum atomic E-state index is 11.1. The zero-order valence-corrected chi connectivity index (χ0v) is 8.44. The lowest BCUT2D eigenvalue weighted by atomic mass is 9.99. The summed E-state index contributed by atoms with van der Waals surface area (Å²) in [4.78, 5) is 33.9. The van der Waals surface area contributed by atoms with Gasteiger partial charge in [0, 0.05) is 5.92 Å². The zero-order chi connectivity index (χ0) is 11.3. The Kier molecular flexibility index (Phi) is 4.23. The molecule has 1 saturated heterocycles. The maximum absolute atomic E-state index is 11.1. The van der Waals surface area contributed by atoms with Crippen LogP contribution in [0.1, 0.15) is 12.8 Å². The highest BCUT2D eigenvalue weighted by Gasteiger charge is 2.20. The maximum Gasteiger partial charge on any atom is 0.318 e. The number of rotatable bonds is 3. The standard InChI is InChI=1S/C9H15N3O3/c10-9(15)11-8(14)5-12-3-1-7(6-13)2-4-12/h6-7H,1-5H2,(H3,10,11,14,15). The van der Waals surface area contributed by atoms with Gasteiger partial charge < -0.3 is 10.5 Å². The van der Waals surface area contributed by atoms with Gasteiger partial charge in [-0.2, -0.15) is 0 Å². The van der Waals surface area contributed by atoms with Crippen LogP contribution in [0.5, 0.6) is 0 Å². The van der Waals surface area contributed by atoms with Crippen LogP contribution in [0.3, 0.4) is 0 Å². The van der Waals surface area contributed by atoms with Gasteiger partial charge in [-0.3, -0.25) is 15.0 Å². The van der Waals surface area contributed by atoms with Crippen LogP contribution in [0.25, 0.3) is 0 Å². The van der Waals surface area contributed by atoms with Crippen molar-refractivity contribution < 1.29 is 14.4 Å². The van der Waals surface area contributed by atoms with Crippen LogP contribution in [0.2, 0.25) is 0 Å². The summed E-state index contributed by atoms with van der Waals surface area (Å²) >= 11 is 0. The number of hydrogen-bond donors (Lipinski definition) is 2. The third kappa shape index (κ3) is 4.07. The number of urea groups is 1. The second kappa shape index (κ2) is 5.45. The molecule has 0 unspecified atom stereocenters. The molecule has 0 bridgehead atoms. The van der Waals surface area contributed by atoms with E-state index in [0.717, 1.165) is 19.1 Å². The minimum Gasteiger partial charge on any atom is -0.351 e. The number of primary amides is 1. The number of hydrogen-bond acceptors (Lipinski definition) is 4. The van der Waals surface area contributed by atoms with Gasteiger partial charge in [-0.1, -0.05) is 0 Å². The van der Waals surface area contributed by atoms with Crippen molar-refractivity contribution in [2.24, 2.45) is 11.7 Å². The predicted octanol–water partition coefficient (Wildman–Crippen LogP) is -0.908. The van der Waals surface area contributed by atoms with Crippen molar-refractivity contribution in [2.45, 2.75) is 12.8 Å². The predicted molar refractivity (Wildman–Crippen MR) is 53.0 cm³/mol. The van der Waals surface area contributed by atoms with E-state index in [9.17, 15) is 14.4 Å². The average Bonchev–Trinajstić information content (AvgIpc) is 2.17. The minimum atomic E-state index is -0.831. The first-order valence-corrected chi connectivity index (χ1v) is 4.88. The number of aldehydes is 1. The Morgan fingerprint density at radius 2 is 2.00 bits per heavy atom. The number of nitrogens with two attached hydrogens (primary N) is 1. The number of nitrogens with zero attached hydrogens (tertiary/aromatic N) is 1. The summed E-state index contributed by atoms with van der Waals surface area (Å²) in [6.07, 6.45) is 2.50. The van der Waals surface area contributed by atoms with Gasteiger partial charge in [0.15, 0.2) is 0 Å². The Morgan fingerprint density at radius 1 is 1.40 bits per heavy atom. The van der Waals surface area contributed by atoms with Crippen LogP contribution >= 0.6 is 0 Å². The second-order valence-corrected chi connectivity index (χ2v) is 3.66. The Bertz CT molecular complexity index is 259. The molecule has 1 heterocycles. The fraction of sp³-hybridized carbons (Fsp3) is 0.667. The first-order chi connectivity index (χ1) is 7.11. The van der Waals surface area contributed by atoms with Gasteiger partial charge in [0.05, 0.1) is 6.54 Å². The number of nitrogens with one attached hydrogen (secondary N) is 1. The van der Waals surface area contributed by atoms with Crippen molar-refractivity contribution in [1.29, 1.82) is 0 Å². The van der Waals surface area contributed by atoms with Crippen LogP contribution in [0.4, 0.5) is 4.79 Å². The van der Waals surface area contributed by atoms with Crippen LogP contribution in [0.15, 0.2) is 0 Å². The monoisotopic (exact) mass is 213 g/mol. The quantitative estimate of drug-likeness (QED) is 0.594. The van der Waals surface area contributed by atoms with Crippen LogP contribution in [-0.4, -0.2) is 42.8 Å². The largest absolute Gasteiger partial charge is 0.351 e. The highest BCUT2D eigenvalue weighted by atomic mass is 16.2. The number of likely N-dealkylation sites (tertiary alicyclic amines) is 1. The molecule has 3 amide bonds. The van der Waals surface area contributed by atoms with E-state index < -0.39 is 11.9 Å². The van der Waals surface area contributed by atoms with Gasteiger partial charge in [-0.15, -0.1) is 0 Å². The topological polar surface area (TPSA) is 92.5 Å². The van der Waals surface area contributed by atoms with Gasteiger partial charge in [-0.05, 0) is 25.9 Å². The first kappa shape index (κ1) is 11.6. The molecule has 3 N–H and O–H groups in total. The molecule has 0 aromatic carbocycles. The molecule has 0 saturated carbocycles. The highest BCUT2D eigenvalue weighted by Crippen LogP contribution is 2.13. The normalized spacial score (nSPS) is 18.4. The van der Waals surface area contributed by atoms with E-state index in [-0.39, 0.29) is 12.5 Å². The van der Waals surface area contributed by atoms with Crippen molar-refractivity contribution >= 4 is 18.2 Å². The van der Waals surface area contributed by atoms with E-state index in [0.29, 0.717) is 13.1 Å². The smallest absolute Gasteiger partial charge is 0.318 e. The van der Waals surface area contributed by atoms with Crippen molar-refractivity contribution in [3.63, 3.8) is 0 Å². The fourth-order valence-electron chi connectivity index (χ4n) is 1.63. The molecular weight excluding hydrogens is 198 g/mol. The van der Waals surface area contributed by atoms with Crippen molar-refractivity contribution in [1.82, 2.24) is 10.2 Å². The second-order valence-electron chi connectivity index (χ2n) is 3.66. The summed E-state index contributed by atoms with van der Waals surface area (Å²) in [6, 6.07) is -0.831. The number of piperidine rings is 1. The molecule has 15 heavy (non-hydrogen) atoms. The molecule has 0 atom stereocenters. The molecule has 0 aliphatic carbocycles. The Labute approximate surface area is 87.8 Å². The third-order valence-corrected chi connectivity index (χ3v) is 2.45. The molecule has 1 aliphatic heterocycles. The highest BCUT2D eigenvalue weighted by molar-refractivity contribution is 5.94. The Hall–Kier alpha value is -1.43. The van der Waals surface area contributed by atoms with E-state index in [1.807, 2.05) is 10.2 Å². The summed E-state index contributed by atoms with van der Waals surface area (Å²) in [5.74, 6) is -0.285. The number of carbonyl (C=O) groups is 3. The lowest BCUT2D eigenvalue weighted by Gasteiger charge is -2.28. The van der Waals surface area contributed by atoms with E-state index in [2.05, 4.69) is 0 Å². The molecule has 1 aliphatic rings. The summed E-state index contributed by atoms with van der Waals surface area (Å²) in [5, 5.41) is 2.00. The van der Waals surface area contributed by atoms with E-state index >= 15 is 0 Å². The molecule has 1 fully saturated rings. The molecule has 0 radical (unpaired) electrons. The fourth-order valence-corrected chi connectivity index (χ4v) is 1.63. The van der Waals surface area contributed by atoms with Gasteiger partial charge in [0.2, 0.25) is 5.91 Å². The molecule has 0 spiro atoms. The number of amides is 3. The van der Waals surface area contributed by atoms with E-state index in [1.165, 1.54) is 0 Å². The molecule has 0 aromatic heterocycles. The SMILES string of the molecule is NC(=O)NC(=O)CN1CCC(C=O)CC1. The van der Waals surface area contributed by atoms with Gasteiger partial charge in [-0.25, -0.2) is 4.79 Å². The molecule has 1 rings (SSSR count). The first-order valence-electron chi connectivity index (χ1n) is 4.88. The lowest BCUT2D eigenvalue weighted by Crippen LogP contribution is -2.44. The Morgan fingerprint density at radius 3 is 2.47 bits per heavy atom. The molecule has 84 valence electrons. The van der Waals surface area contributed by atoms with E-state index in [4.69, 9.17) is 5.73 Å². The number of carbonyl (C=O) groups excluding carboxylic acids is 3. The van der Waals surface area contributed by atoms with Crippen LogP contribution in [0, 0.1) is 5.92 Å². The lowest BCUT2D eigenvalue weighted by molar-refractivity contribution is -0.121. The summed E-state index contributed by atoms with van der Waals surface area (Å²) < 4.78 is 0. The summed E-state index contributed by atoms with van der Waals surface area (Å²) in [7, 11) is 0. The number of imide groups is 1. The molecule has 0 aromatic rings. The Balaban J connectivity index is 2.26. The third-order valence-electron chi connectivity index (χ3n) is 2.45. The van der Waals surface area contributed by atoms with Crippen LogP contribution in [-0.2, 0) is 9.59 Å². The molecule has 6 heteroatoms. The molecule has 6 nitrogen and oxygen atoms in total. The minimum absolute atomic E-state index is 0.112. The molecular formula is C9H15N3O3.